The molecule has 1 unspecified atom stereocenters. The number of piperazine rings is 1. The molecule has 0 radical (unpaired) electrons. The van der Waals surface area contributed by atoms with Crippen molar-refractivity contribution in [2.75, 3.05) is 36.0 Å². The molecule has 4 aromatic heterocycles. The van der Waals surface area contributed by atoms with Crippen molar-refractivity contribution in [1.82, 2.24) is 34.3 Å². The van der Waals surface area contributed by atoms with Gasteiger partial charge in [-0.05, 0) is 43.2 Å². The maximum absolute atomic E-state index is 13.6. The fourth-order valence-electron chi connectivity index (χ4n) is 5.07. The van der Waals surface area contributed by atoms with Gasteiger partial charge in [-0.2, -0.15) is 10.2 Å². The van der Waals surface area contributed by atoms with Crippen LogP contribution in [0.5, 0.6) is 0 Å². The molecular weight excluding hydrogens is 485 g/mol. The third kappa shape index (κ3) is 4.24. The summed E-state index contributed by atoms with van der Waals surface area (Å²) in [5.41, 5.74) is 3.52. The zero-order valence-corrected chi connectivity index (χ0v) is 21.5. The first-order valence-corrected chi connectivity index (χ1v) is 12.4. The van der Waals surface area contributed by atoms with Crippen LogP contribution in [0.3, 0.4) is 0 Å². The van der Waals surface area contributed by atoms with E-state index in [0.29, 0.717) is 22.6 Å². The van der Waals surface area contributed by atoms with E-state index in [1.54, 1.807) is 43.3 Å². The molecule has 1 aromatic carbocycles. The molecule has 194 valence electrons. The van der Waals surface area contributed by atoms with Crippen LogP contribution >= 0.6 is 0 Å². The summed E-state index contributed by atoms with van der Waals surface area (Å²) in [7, 11) is 1.90. The van der Waals surface area contributed by atoms with Crippen molar-refractivity contribution >= 4 is 17.3 Å². The quantitative estimate of drug-likeness (QED) is 0.383. The molecule has 1 aliphatic rings. The summed E-state index contributed by atoms with van der Waals surface area (Å²) in [6.45, 7) is 6.39. The van der Waals surface area contributed by atoms with Gasteiger partial charge in [0.1, 0.15) is 23.3 Å². The Morgan fingerprint density at radius 2 is 1.63 bits per heavy atom. The van der Waals surface area contributed by atoms with Gasteiger partial charge in [-0.3, -0.25) is 4.68 Å². The Bertz CT molecular complexity index is 1600. The number of hydrogen-bond donors (Lipinski definition) is 1. The molecule has 5 aromatic rings. The number of fused-ring (bicyclic) bond motifs is 1. The van der Waals surface area contributed by atoms with E-state index in [-0.39, 0.29) is 5.82 Å². The van der Waals surface area contributed by atoms with E-state index in [1.807, 2.05) is 30.2 Å². The van der Waals surface area contributed by atoms with Crippen molar-refractivity contribution in [2.24, 2.45) is 7.05 Å². The Morgan fingerprint density at radius 1 is 0.895 bits per heavy atom. The van der Waals surface area contributed by atoms with Gasteiger partial charge in [-0.25, -0.2) is 23.9 Å². The summed E-state index contributed by atoms with van der Waals surface area (Å²) >= 11 is 0. The van der Waals surface area contributed by atoms with E-state index >= 15 is 0 Å². The monoisotopic (exact) mass is 513 g/mol. The van der Waals surface area contributed by atoms with Gasteiger partial charge in [0.05, 0.1) is 6.20 Å². The van der Waals surface area contributed by atoms with Crippen LogP contribution in [-0.2, 0) is 12.6 Å². The summed E-state index contributed by atoms with van der Waals surface area (Å²) in [5.74, 6) is 1.16. The molecule has 0 aliphatic carbocycles. The first-order chi connectivity index (χ1) is 18.3. The first kappa shape index (κ1) is 24.0. The van der Waals surface area contributed by atoms with Crippen LogP contribution < -0.4 is 9.80 Å². The lowest BCUT2D eigenvalue weighted by molar-refractivity contribution is 0.101. The SMILES string of the molecule is Cc1cc(F)ccc1C(C)(O)c1cnc(N2CCN(c3ncnn4cc(-c5cnn(C)c5)cc34)CC2)nc1. The van der Waals surface area contributed by atoms with Crippen LogP contribution in [-0.4, -0.2) is 65.6 Å². The molecule has 11 heteroatoms. The molecule has 1 N–H and O–H groups in total. The average molecular weight is 514 g/mol. The van der Waals surface area contributed by atoms with Crippen LogP contribution in [0.25, 0.3) is 16.6 Å². The van der Waals surface area contributed by atoms with Crippen molar-refractivity contribution in [2.45, 2.75) is 19.4 Å². The minimum atomic E-state index is -1.33. The predicted octanol–water partition coefficient (Wildman–Crippen LogP) is 2.95. The molecule has 0 saturated carbocycles. The zero-order valence-electron chi connectivity index (χ0n) is 21.5. The van der Waals surface area contributed by atoms with Gasteiger partial charge >= 0.3 is 0 Å². The van der Waals surface area contributed by atoms with Gasteiger partial charge < -0.3 is 14.9 Å². The number of rotatable bonds is 5. The third-order valence-corrected chi connectivity index (χ3v) is 7.20. The number of aromatic nitrogens is 7. The maximum Gasteiger partial charge on any atom is 0.225 e. The smallest absolute Gasteiger partial charge is 0.225 e. The average Bonchev–Trinajstić information content (AvgIpc) is 3.55. The van der Waals surface area contributed by atoms with Gasteiger partial charge in [0, 0.05) is 74.7 Å². The molecule has 38 heavy (non-hydrogen) atoms. The van der Waals surface area contributed by atoms with Gasteiger partial charge in [0.15, 0.2) is 5.82 Å². The Labute approximate surface area is 219 Å². The molecule has 1 aliphatic heterocycles. The largest absolute Gasteiger partial charge is 0.381 e. The standard InChI is InChI=1S/C27H28FN9O/c1-18-10-22(28)4-5-23(18)27(2,38)21-13-29-26(30-14-21)36-8-6-35(7-9-36)25-24-11-19(16-37(24)33-17-31-25)20-12-32-34(3)15-20/h4-5,10-17,38H,6-9H2,1-3H3. The Morgan fingerprint density at radius 3 is 2.32 bits per heavy atom. The highest BCUT2D eigenvalue weighted by Crippen LogP contribution is 2.32. The molecule has 1 saturated heterocycles. The van der Waals surface area contributed by atoms with Crippen LogP contribution in [0.2, 0.25) is 0 Å². The highest BCUT2D eigenvalue weighted by atomic mass is 19.1. The summed E-state index contributed by atoms with van der Waals surface area (Å²) < 4.78 is 17.2. The molecule has 1 atom stereocenters. The lowest BCUT2D eigenvalue weighted by Gasteiger charge is -2.35. The van der Waals surface area contributed by atoms with E-state index in [0.717, 1.165) is 48.6 Å². The van der Waals surface area contributed by atoms with E-state index in [9.17, 15) is 9.50 Å². The summed E-state index contributed by atoms with van der Waals surface area (Å²) in [6.07, 6.45) is 10.7. The van der Waals surface area contributed by atoms with Crippen LogP contribution in [0.1, 0.15) is 23.6 Å². The highest BCUT2D eigenvalue weighted by Gasteiger charge is 2.29. The molecular formula is C27H28FN9O. The Kier molecular flexibility index (Phi) is 5.79. The number of halogens is 1. The topological polar surface area (TPSA) is 101 Å². The van der Waals surface area contributed by atoms with Crippen molar-refractivity contribution in [3.8, 4) is 11.1 Å². The summed E-state index contributed by atoms with van der Waals surface area (Å²) in [6, 6.07) is 6.46. The lowest BCUT2D eigenvalue weighted by atomic mass is 9.87. The normalized spacial score (nSPS) is 15.7. The van der Waals surface area contributed by atoms with Crippen LogP contribution in [0.15, 0.2) is 61.6 Å². The second-order valence-corrected chi connectivity index (χ2v) is 9.82. The van der Waals surface area contributed by atoms with Crippen molar-refractivity contribution < 1.29 is 9.50 Å². The minimum Gasteiger partial charge on any atom is -0.381 e. The van der Waals surface area contributed by atoms with Crippen molar-refractivity contribution in [3.63, 3.8) is 0 Å². The first-order valence-electron chi connectivity index (χ1n) is 12.4. The van der Waals surface area contributed by atoms with Crippen molar-refractivity contribution in [3.05, 3.63) is 84.1 Å². The second-order valence-electron chi connectivity index (χ2n) is 9.82. The number of nitrogens with zero attached hydrogens (tertiary/aromatic N) is 9. The maximum atomic E-state index is 13.6. The molecule has 6 rings (SSSR count). The molecule has 10 nitrogen and oxygen atoms in total. The lowest BCUT2D eigenvalue weighted by Crippen LogP contribution is -2.47. The van der Waals surface area contributed by atoms with Crippen LogP contribution in [0, 0.1) is 12.7 Å². The predicted molar refractivity (Wildman–Crippen MR) is 141 cm³/mol. The van der Waals surface area contributed by atoms with Crippen molar-refractivity contribution in [1.29, 1.82) is 0 Å². The van der Waals surface area contributed by atoms with Gasteiger partial charge in [0.2, 0.25) is 5.95 Å². The van der Waals surface area contributed by atoms with E-state index in [1.165, 1.54) is 12.1 Å². The number of hydrogen-bond acceptors (Lipinski definition) is 8. The fraction of sp³-hybridized carbons (Fsp3) is 0.296. The number of anilines is 2. The number of benzene rings is 1. The number of aryl methyl sites for hydroxylation is 2. The molecule has 0 spiro atoms. The fourth-order valence-corrected chi connectivity index (χ4v) is 5.07. The molecule has 0 amide bonds. The Hall–Kier alpha value is -4.38. The van der Waals surface area contributed by atoms with Gasteiger partial charge in [-0.15, -0.1) is 0 Å². The highest BCUT2D eigenvalue weighted by molar-refractivity contribution is 5.77. The Balaban J connectivity index is 1.17. The van der Waals surface area contributed by atoms with Gasteiger partial charge in [0.25, 0.3) is 0 Å². The second kappa shape index (κ2) is 9.18. The van der Waals surface area contributed by atoms with Gasteiger partial charge in [-0.1, -0.05) is 6.07 Å². The third-order valence-electron chi connectivity index (χ3n) is 7.20. The van der Waals surface area contributed by atoms with E-state index < -0.39 is 5.60 Å². The summed E-state index contributed by atoms with van der Waals surface area (Å²) in [5, 5.41) is 19.9. The molecule has 5 heterocycles. The van der Waals surface area contributed by atoms with Crippen LogP contribution in [0.4, 0.5) is 16.2 Å². The van der Waals surface area contributed by atoms with E-state index in [4.69, 9.17) is 0 Å². The molecule has 0 bridgehead atoms. The summed E-state index contributed by atoms with van der Waals surface area (Å²) in [4.78, 5) is 18.1. The molecule has 1 fully saturated rings. The van der Waals surface area contributed by atoms with E-state index in [2.05, 4.69) is 41.0 Å². The zero-order chi connectivity index (χ0) is 26.4. The number of aliphatic hydroxyl groups is 1. The minimum absolute atomic E-state index is 0.332.